The molecule has 0 aliphatic carbocycles. The lowest BCUT2D eigenvalue weighted by atomic mass is 9.84. The number of rotatable bonds is 2. The number of carbonyl (C=O) groups is 3. The zero-order valence-corrected chi connectivity index (χ0v) is 18.6. The Balaban J connectivity index is 0.000000415. The van der Waals surface area contributed by atoms with Gasteiger partial charge in [-0.3, -0.25) is 9.69 Å². The van der Waals surface area contributed by atoms with E-state index in [0.29, 0.717) is 12.7 Å². The number of hydrogen-bond donors (Lipinski definition) is 3. The number of carboxylic acid groups (broad SMARTS) is 2. The van der Waals surface area contributed by atoms with E-state index in [1.807, 2.05) is 24.3 Å². The molecule has 34 heavy (non-hydrogen) atoms. The molecule has 3 aliphatic heterocycles. The summed E-state index contributed by atoms with van der Waals surface area (Å²) >= 11 is 0. The van der Waals surface area contributed by atoms with Crippen molar-refractivity contribution in [1.29, 1.82) is 0 Å². The van der Waals surface area contributed by atoms with E-state index in [1.54, 1.807) is 0 Å². The number of anilines is 1. The topological polar surface area (TPSA) is 151 Å². The van der Waals surface area contributed by atoms with Gasteiger partial charge in [0.1, 0.15) is 11.3 Å². The largest absolute Gasteiger partial charge is 0.493 e. The van der Waals surface area contributed by atoms with E-state index in [2.05, 4.69) is 45.4 Å². The number of benzene rings is 2. The fourth-order valence-corrected chi connectivity index (χ4v) is 4.94. The van der Waals surface area contributed by atoms with E-state index in [9.17, 15) is 4.79 Å². The smallest absolute Gasteiger partial charge is 0.414 e. The molecule has 2 aromatic carbocycles. The summed E-state index contributed by atoms with van der Waals surface area (Å²) in [6.45, 7) is 3.22. The molecule has 2 saturated heterocycles. The molecule has 2 aromatic rings. The summed E-state index contributed by atoms with van der Waals surface area (Å²) in [5.41, 5.74) is 2.00. The maximum atomic E-state index is 12.8. The molecule has 182 valence electrons. The van der Waals surface area contributed by atoms with Gasteiger partial charge in [-0.2, -0.15) is 0 Å². The molecule has 0 bridgehead atoms. The molecule has 5 N–H and O–H groups in total. The molecular weight excluding hydrogens is 442 g/mol. The monoisotopic (exact) mass is 471 g/mol. The molecule has 1 spiro atoms. The molecule has 0 unspecified atom stereocenters. The molecule has 1 atom stereocenters. The lowest BCUT2D eigenvalue weighted by molar-refractivity contribution is -0.159. The number of hydrogen-bond acceptors (Lipinski definition) is 6. The van der Waals surface area contributed by atoms with Gasteiger partial charge in [0.15, 0.2) is 0 Å². The fourth-order valence-electron chi connectivity index (χ4n) is 4.94. The van der Waals surface area contributed by atoms with Crippen molar-refractivity contribution in [2.24, 2.45) is 0 Å². The maximum absolute atomic E-state index is 12.8. The van der Waals surface area contributed by atoms with Crippen LogP contribution in [0, 0.1) is 0 Å². The van der Waals surface area contributed by atoms with Gasteiger partial charge in [0.2, 0.25) is 5.91 Å². The number of carbonyl (C=O) groups excluding carboxylic acids is 1. The Morgan fingerprint density at radius 2 is 1.59 bits per heavy atom. The first-order valence-corrected chi connectivity index (χ1v) is 11.0. The van der Waals surface area contributed by atoms with Crippen molar-refractivity contribution < 1.29 is 34.8 Å². The summed E-state index contributed by atoms with van der Waals surface area (Å²) in [6.07, 6.45) is 2.72. The number of amides is 1. The zero-order valence-electron chi connectivity index (χ0n) is 18.6. The number of ether oxygens (including phenoxy) is 1. The number of piperidine rings is 1. The third-order valence-corrected chi connectivity index (χ3v) is 6.58. The second-order valence-corrected chi connectivity index (χ2v) is 8.30. The van der Waals surface area contributed by atoms with Crippen LogP contribution in [-0.4, -0.2) is 70.3 Å². The van der Waals surface area contributed by atoms with E-state index in [1.165, 1.54) is 5.56 Å². The van der Waals surface area contributed by atoms with E-state index in [-0.39, 0.29) is 11.4 Å². The van der Waals surface area contributed by atoms with Crippen molar-refractivity contribution in [2.75, 3.05) is 31.3 Å². The van der Waals surface area contributed by atoms with Crippen LogP contribution in [0.3, 0.4) is 0 Å². The van der Waals surface area contributed by atoms with Crippen LogP contribution in [0.15, 0.2) is 54.6 Å². The van der Waals surface area contributed by atoms with Gasteiger partial charge in [0.05, 0.1) is 13.3 Å². The van der Waals surface area contributed by atoms with Crippen LogP contribution >= 0.6 is 0 Å². The molecule has 2 fully saturated rings. The number of nitrogens with one attached hydrogen (secondary N) is 1. The van der Waals surface area contributed by atoms with Crippen LogP contribution < -0.4 is 15.0 Å². The Bertz CT molecular complexity index is 1010. The highest BCUT2D eigenvalue weighted by atomic mass is 16.5. The van der Waals surface area contributed by atoms with Gasteiger partial charge in [0, 0.05) is 36.8 Å². The molecule has 1 amide bonds. The number of aliphatic carboxylic acids is 2. The van der Waals surface area contributed by atoms with Crippen molar-refractivity contribution in [2.45, 2.75) is 30.8 Å². The fraction of sp³-hybridized carbons (Fsp3) is 0.375. The first-order valence-electron chi connectivity index (χ1n) is 11.0. The van der Waals surface area contributed by atoms with Crippen molar-refractivity contribution in [1.82, 2.24) is 10.2 Å². The van der Waals surface area contributed by atoms with Gasteiger partial charge in [-0.05, 0) is 31.0 Å². The van der Waals surface area contributed by atoms with E-state index in [4.69, 9.17) is 24.5 Å². The first kappa shape index (κ1) is 25.0. The SMILES string of the molecule is O.O=C(O)C(=O)O.O=C1NCN(c2ccccc2)C12CCN([C@@H]1CCOc3ccccc31)CC2. The first-order chi connectivity index (χ1) is 15.9. The Hall–Kier alpha value is -3.63. The van der Waals surface area contributed by atoms with Crippen LogP contribution in [0.1, 0.15) is 30.9 Å². The van der Waals surface area contributed by atoms with Crippen LogP contribution in [0.25, 0.3) is 0 Å². The van der Waals surface area contributed by atoms with Crippen molar-refractivity contribution in [3.63, 3.8) is 0 Å². The van der Waals surface area contributed by atoms with Crippen molar-refractivity contribution >= 4 is 23.5 Å². The minimum atomic E-state index is -1.82. The molecule has 0 radical (unpaired) electrons. The molecule has 10 nitrogen and oxygen atoms in total. The quantitative estimate of drug-likeness (QED) is 0.554. The van der Waals surface area contributed by atoms with E-state index >= 15 is 0 Å². The van der Waals surface area contributed by atoms with Gasteiger partial charge in [0.25, 0.3) is 0 Å². The second-order valence-electron chi connectivity index (χ2n) is 8.30. The number of para-hydroxylation sites is 2. The Labute approximate surface area is 197 Å². The summed E-state index contributed by atoms with van der Waals surface area (Å²) in [4.78, 5) is 35.8. The normalized spacial score (nSPS) is 20.6. The van der Waals surface area contributed by atoms with Gasteiger partial charge < -0.3 is 30.6 Å². The minimum Gasteiger partial charge on any atom is -0.493 e. The number of fused-ring (bicyclic) bond motifs is 1. The van der Waals surface area contributed by atoms with E-state index in [0.717, 1.165) is 50.4 Å². The van der Waals surface area contributed by atoms with Gasteiger partial charge >= 0.3 is 11.9 Å². The third kappa shape index (κ3) is 4.82. The standard InChI is InChI=1S/C22H25N3O2.C2H2O4.H2O/c26-21-22(25(16-23-21)17-6-2-1-3-7-17)11-13-24(14-12-22)19-10-15-27-20-9-5-4-8-18(19)20;3-1(4)2(5)6;/h1-9,19H,10-16H2,(H,23,26);(H,3,4)(H,5,6);1H2/t19-;;/m1../s1. The second kappa shape index (κ2) is 10.5. The van der Waals surface area contributed by atoms with Crippen molar-refractivity contribution in [3.05, 3.63) is 60.2 Å². The van der Waals surface area contributed by atoms with Crippen molar-refractivity contribution in [3.8, 4) is 5.75 Å². The predicted octanol–water partition coefficient (Wildman–Crippen LogP) is 1.27. The lowest BCUT2D eigenvalue weighted by Crippen LogP contribution is -2.57. The number of carboxylic acids is 2. The average molecular weight is 472 g/mol. The average Bonchev–Trinajstić information content (AvgIpc) is 3.15. The summed E-state index contributed by atoms with van der Waals surface area (Å²) in [6, 6.07) is 19.1. The highest BCUT2D eigenvalue weighted by Gasteiger charge is 2.51. The van der Waals surface area contributed by atoms with Gasteiger partial charge in [-0.1, -0.05) is 36.4 Å². The Kier molecular flexibility index (Phi) is 7.75. The number of nitrogens with zero attached hydrogens (tertiary/aromatic N) is 2. The minimum absolute atomic E-state index is 0. The van der Waals surface area contributed by atoms with Gasteiger partial charge in [-0.15, -0.1) is 0 Å². The lowest BCUT2D eigenvalue weighted by Gasteiger charge is -2.46. The Morgan fingerprint density at radius 1 is 0.971 bits per heavy atom. The molecular formula is C24H29N3O7. The number of likely N-dealkylation sites (tertiary alicyclic amines) is 1. The van der Waals surface area contributed by atoms with E-state index < -0.39 is 17.5 Å². The van der Waals surface area contributed by atoms with Crippen LogP contribution in [0.4, 0.5) is 5.69 Å². The molecule has 0 saturated carbocycles. The molecule has 5 rings (SSSR count). The molecule has 3 heterocycles. The summed E-state index contributed by atoms with van der Waals surface area (Å²) in [5, 5.41) is 17.9. The zero-order chi connectivity index (χ0) is 23.4. The molecule has 10 heteroatoms. The van der Waals surface area contributed by atoms with Gasteiger partial charge in [-0.25, -0.2) is 9.59 Å². The maximum Gasteiger partial charge on any atom is 0.414 e. The summed E-state index contributed by atoms with van der Waals surface area (Å²) in [5.74, 6) is -2.46. The summed E-state index contributed by atoms with van der Waals surface area (Å²) in [7, 11) is 0. The molecule has 0 aromatic heterocycles. The predicted molar refractivity (Wildman–Crippen MR) is 124 cm³/mol. The van der Waals surface area contributed by atoms with Crippen LogP contribution in [0.2, 0.25) is 0 Å². The summed E-state index contributed by atoms with van der Waals surface area (Å²) < 4.78 is 5.83. The van der Waals surface area contributed by atoms with Crippen LogP contribution in [0.5, 0.6) is 5.75 Å². The van der Waals surface area contributed by atoms with Crippen LogP contribution in [-0.2, 0) is 14.4 Å². The highest BCUT2D eigenvalue weighted by molar-refractivity contribution is 6.27. The molecule has 3 aliphatic rings. The third-order valence-electron chi connectivity index (χ3n) is 6.58. The highest BCUT2D eigenvalue weighted by Crippen LogP contribution is 2.41. The Morgan fingerprint density at radius 3 is 2.24 bits per heavy atom.